The quantitative estimate of drug-likeness (QED) is 0.106. The Hall–Kier alpha value is -6.97. The number of aromatic nitrogens is 3. The van der Waals surface area contributed by atoms with Gasteiger partial charge in [0, 0.05) is 99.1 Å². The van der Waals surface area contributed by atoms with Crippen LogP contribution in [0, 0.1) is 5.92 Å². The van der Waals surface area contributed by atoms with E-state index in [0.717, 1.165) is 66.1 Å². The van der Waals surface area contributed by atoms with Crippen LogP contribution in [0.1, 0.15) is 68.0 Å². The van der Waals surface area contributed by atoms with Crippen LogP contribution in [0.15, 0.2) is 138 Å². The van der Waals surface area contributed by atoms with Gasteiger partial charge in [-0.2, -0.15) is 13.2 Å². The summed E-state index contributed by atoms with van der Waals surface area (Å²) in [5.41, 5.74) is 5.31. The maximum absolute atomic E-state index is 13.4. The topological polar surface area (TPSA) is 181 Å². The summed E-state index contributed by atoms with van der Waals surface area (Å²) in [4.78, 5) is 48.1. The highest BCUT2D eigenvalue weighted by molar-refractivity contribution is 7.93. The number of aryl methyl sites for hydroxylation is 1. The highest BCUT2D eigenvalue weighted by atomic mass is 35.5. The molecule has 9 rings (SSSR count). The van der Waals surface area contributed by atoms with Crippen LogP contribution in [-0.2, 0) is 48.7 Å². The van der Waals surface area contributed by atoms with Crippen molar-refractivity contribution >= 4 is 72.2 Å². The molecular formula is C55H70ClF3N10O6S2. The zero-order chi connectivity index (χ0) is 55.1. The van der Waals surface area contributed by atoms with Gasteiger partial charge in [-0.05, 0) is 141 Å². The van der Waals surface area contributed by atoms with Crippen LogP contribution in [0.5, 0.6) is 0 Å². The first-order valence-electron chi connectivity index (χ1n) is 25.4. The van der Waals surface area contributed by atoms with Crippen LogP contribution in [0.2, 0.25) is 5.02 Å². The Bertz CT molecular complexity index is 3220. The molecule has 0 saturated carbocycles. The second-order valence-corrected chi connectivity index (χ2v) is 23.5. The first-order valence-corrected chi connectivity index (χ1v) is 28.8. The zero-order valence-electron chi connectivity index (χ0n) is 43.2. The summed E-state index contributed by atoms with van der Waals surface area (Å²) < 4.78 is 93.6. The van der Waals surface area contributed by atoms with E-state index in [-0.39, 0.29) is 50.9 Å². The average molecular weight is 1120 g/mol. The van der Waals surface area contributed by atoms with Crippen molar-refractivity contribution in [1.82, 2.24) is 24.8 Å². The zero-order valence-corrected chi connectivity index (χ0v) is 45.6. The molecule has 6 aromatic rings. The monoisotopic (exact) mass is 1120 g/mol. The largest absolute Gasteiger partial charge is 0.417 e. The fraction of sp³-hybridized carbons (Fsp3) is 0.364. The van der Waals surface area contributed by atoms with E-state index < -0.39 is 31.8 Å². The molecule has 2 atom stereocenters. The highest BCUT2D eigenvalue weighted by Gasteiger charge is 2.33. The molecule has 0 spiro atoms. The predicted molar refractivity (Wildman–Crippen MR) is 302 cm³/mol. The molecule has 0 unspecified atom stereocenters. The van der Waals surface area contributed by atoms with E-state index in [9.17, 15) is 39.6 Å². The van der Waals surface area contributed by atoms with E-state index in [1.54, 1.807) is 36.4 Å². The summed E-state index contributed by atoms with van der Waals surface area (Å²) in [5.74, 6) is 0.634. The number of nitrogens with zero attached hydrogens (tertiary/aromatic N) is 8. The van der Waals surface area contributed by atoms with E-state index >= 15 is 0 Å². The summed E-state index contributed by atoms with van der Waals surface area (Å²) >= 11 is 6.17. The summed E-state index contributed by atoms with van der Waals surface area (Å²) in [6.45, 7) is 14.0. The number of alkyl halides is 3. The number of rotatable bonds is 14. The van der Waals surface area contributed by atoms with Crippen LogP contribution >= 0.6 is 11.6 Å². The lowest BCUT2D eigenvalue weighted by Crippen LogP contribution is -2.55. The number of sulfonamides is 2. The number of carbonyl (C=O) groups excluding carboxylic acids is 2. The Kier molecular flexibility index (Phi) is 17.6. The normalized spacial score (nSPS) is 16.0. The first kappa shape index (κ1) is 56.2. The third-order valence-corrected chi connectivity index (χ3v) is 16.8. The number of piperazine rings is 2. The van der Waals surface area contributed by atoms with E-state index in [2.05, 4.69) is 77.2 Å². The molecule has 16 nitrogen and oxygen atoms in total. The number of hydrogen-bond donors (Lipinski definition) is 2. The Balaban J connectivity index is 0.000000335. The Morgan fingerprint density at radius 1 is 0.662 bits per heavy atom. The summed E-state index contributed by atoms with van der Waals surface area (Å²) in [5, 5.41) is 0.693. The molecule has 2 N–H and O–H groups in total. The average Bonchev–Trinajstić information content (AvgIpc) is 3.43. The van der Waals surface area contributed by atoms with Crippen molar-refractivity contribution in [3.63, 3.8) is 0 Å². The maximum Gasteiger partial charge on any atom is 0.417 e. The van der Waals surface area contributed by atoms with Crippen molar-refractivity contribution in [3.05, 3.63) is 155 Å². The van der Waals surface area contributed by atoms with Gasteiger partial charge in [-0.1, -0.05) is 49.7 Å². The number of hydrogen-bond acceptors (Lipinski definition) is 12. The van der Waals surface area contributed by atoms with E-state index in [1.165, 1.54) is 36.3 Å². The number of benzene rings is 4. The molecule has 5 heterocycles. The van der Waals surface area contributed by atoms with Gasteiger partial charge in [0.25, 0.3) is 20.0 Å². The lowest BCUT2D eigenvalue weighted by atomic mass is 9.95. The third-order valence-electron chi connectivity index (χ3n) is 13.9. The van der Waals surface area contributed by atoms with Gasteiger partial charge < -0.3 is 24.5 Å². The van der Waals surface area contributed by atoms with Crippen molar-refractivity contribution in [3.8, 4) is 0 Å². The van der Waals surface area contributed by atoms with Crippen LogP contribution in [0.3, 0.4) is 0 Å². The molecule has 2 aromatic heterocycles. The van der Waals surface area contributed by atoms with Crippen molar-refractivity contribution in [2.45, 2.75) is 74.9 Å². The van der Waals surface area contributed by atoms with E-state index in [1.807, 2.05) is 41.8 Å². The Morgan fingerprint density at radius 2 is 1.21 bits per heavy atom. The van der Waals surface area contributed by atoms with Gasteiger partial charge in [0.1, 0.15) is 24.0 Å². The number of pyridine rings is 1. The lowest BCUT2D eigenvalue weighted by Gasteiger charge is -2.41. The fourth-order valence-electron chi connectivity index (χ4n) is 9.63. The molecule has 2 saturated heterocycles. The smallest absolute Gasteiger partial charge is 0.368 e. The molecule has 416 valence electrons. The van der Waals surface area contributed by atoms with Crippen molar-refractivity contribution in [2.24, 2.45) is 5.92 Å². The highest BCUT2D eigenvalue weighted by Crippen LogP contribution is 2.33. The van der Waals surface area contributed by atoms with Crippen LogP contribution in [0.25, 0.3) is 0 Å². The van der Waals surface area contributed by atoms with Crippen LogP contribution in [0.4, 0.5) is 41.9 Å². The number of fused-ring (bicyclic) bond motifs is 1. The molecule has 2 fully saturated rings. The molecule has 77 heavy (non-hydrogen) atoms. The number of nitrogens with one attached hydrogen (secondary N) is 2. The van der Waals surface area contributed by atoms with Gasteiger partial charge in [0.05, 0.1) is 21.3 Å². The summed E-state index contributed by atoms with van der Waals surface area (Å²) in [7, 11) is -7.79. The molecular weight excluding hydrogens is 1050 g/mol. The number of carbonyl (C=O) groups is 2. The standard InChI is InChI=1S/C28H29ClF3N5O3S.C27H33N5O3S.4H2/c1-19(37-12-2-3-20-17-22(29)5-10-25(20)37)27(38)36-15-13-35(14-16-36)23-6-8-24(9-7-23)41(39,40)34-26-11-4-21(18-33-26)28(30,31)32;1-20(2)18-22-4-6-23(7-5-22)21(3)27(33)32-16-14-31(15-17-32)24-8-10-25(11-9-24)36(34,35)30-26-12-13-28-19-29-26;;;;/h4-11,17-19H,2-3,12-16H2,1H3,(H,33,34);4-13,19-21H,14-18H2,1-3H3,(H,28,29,30);4*1H/t19-;21-;;;;/m10..../s1. The van der Waals surface area contributed by atoms with Gasteiger partial charge in [0.2, 0.25) is 11.8 Å². The second-order valence-electron chi connectivity index (χ2n) is 19.7. The van der Waals surface area contributed by atoms with Gasteiger partial charge in [-0.3, -0.25) is 19.0 Å². The van der Waals surface area contributed by atoms with Crippen LogP contribution in [-0.4, -0.2) is 118 Å². The molecule has 3 aliphatic rings. The van der Waals surface area contributed by atoms with Crippen LogP contribution < -0.4 is 24.1 Å². The number of anilines is 5. The Morgan fingerprint density at radius 3 is 1.70 bits per heavy atom. The van der Waals surface area contributed by atoms with Gasteiger partial charge in [0.15, 0.2) is 0 Å². The summed E-state index contributed by atoms with van der Waals surface area (Å²) in [6.07, 6.45) is 1.71. The predicted octanol–water partition coefficient (Wildman–Crippen LogP) is 9.96. The second kappa shape index (κ2) is 24.1. The first-order chi connectivity index (χ1) is 36.6. The maximum atomic E-state index is 13.4. The minimum Gasteiger partial charge on any atom is -0.368 e. The number of amides is 2. The molecule has 4 aromatic carbocycles. The molecule has 2 amide bonds. The molecule has 3 aliphatic heterocycles. The van der Waals surface area contributed by atoms with Gasteiger partial charge in [-0.25, -0.2) is 31.8 Å². The van der Waals surface area contributed by atoms with Gasteiger partial charge >= 0.3 is 6.18 Å². The minimum absolute atomic E-state index is 0. The summed E-state index contributed by atoms with van der Waals surface area (Å²) in [6, 6.07) is 30.1. The fourth-order valence-corrected chi connectivity index (χ4v) is 11.8. The van der Waals surface area contributed by atoms with Crippen molar-refractivity contribution in [1.29, 1.82) is 0 Å². The molecule has 0 aliphatic carbocycles. The van der Waals surface area contributed by atoms with E-state index in [0.29, 0.717) is 69.5 Å². The molecule has 0 radical (unpaired) electrons. The molecule has 22 heteroatoms. The lowest BCUT2D eigenvalue weighted by molar-refractivity contribution is -0.138. The Labute approximate surface area is 459 Å². The minimum atomic E-state index is -4.56. The van der Waals surface area contributed by atoms with Gasteiger partial charge in [-0.15, -0.1) is 0 Å². The third kappa shape index (κ3) is 14.2. The number of halogens is 4. The van der Waals surface area contributed by atoms with Crippen molar-refractivity contribution in [2.75, 3.05) is 83.0 Å². The SMILES string of the molecule is CC(C)Cc1ccc([C@H](C)C(=O)N2CCN(c3ccc(S(=O)(=O)Nc4ccncn4)cc3)CC2)cc1.C[C@H](C(=O)N1CCN(c2ccc(S(=O)(=O)Nc3ccc(C(F)(F)F)cn3)cc2)CC1)N1CCCc2cc(Cl)ccc21.[HH].[HH].[HH].[HH]. The van der Waals surface area contributed by atoms with Crippen molar-refractivity contribution < 1.29 is 45.3 Å². The van der Waals surface area contributed by atoms with E-state index in [4.69, 9.17) is 11.6 Å². The molecule has 0 bridgehead atoms.